The number of halogens is 2. The second kappa shape index (κ2) is 10.4. The standard InChI is InChI=1S/C23H17Br2N3O4S/c1-31-19-7-3-2-5-14(19)10-20-22(30)28(13-17-6-4-8-32-17)23(33-20)27-26-12-15-9-16(24)11-18(25)21(15)29/h2-12,29H,13H2,1H3/b20-10-,26-12+,27-23-. The minimum absolute atomic E-state index is 0.0431. The van der Waals surface area contributed by atoms with Crippen LogP contribution in [0.5, 0.6) is 11.5 Å². The molecule has 0 saturated carbocycles. The van der Waals surface area contributed by atoms with Gasteiger partial charge in [0.1, 0.15) is 17.3 Å². The lowest BCUT2D eigenvalue weighted by Gasteiger charge is -2.12. The SMILES string of the molecule is COc1ccccc1/C=C1\S/C(=N\N=C\c2cc(Br)cc(Br)c2O)N(Cc2ccco2)C1=O. The largest absolute Gasteiger partial charge is 0.506 e. The minimum atomic E-state index is -0.218. The van der Waals surface area contributed by atoms with Gasteiger partial charge >= 0.3 is 0 Å². The number of aromatic hydroxyl groups is 1. The summed E-state index contributed by atoms with van der Waals surface area (Å²) in [6.45, 7) is 0.212. The molecule has 7 nitrogen and oxygen atoms in total. The molecule has 1 aliphatic heterocycles. The number of nitrogens with zero attached hydrogens (tertiary/aromatic N) is 3. The lowest BCUT2D eigenvalue weighted by Crippen LogP contribution is -2.28. The van der Waals surface area contributed by atoms with Gasteiger partial charge in [-0.1, -0.05) is 34.1 Å². The molecular formula is C23H17Br2N3O4S. The van der Waals surface area contributed by atoms with Crippen molar-refractivity contribution in [2.24, 2.45) is 10.2 Å². The summed E-state index contributed by atoms with van der Waals surface area (Å²) in [5, 5.41) is 19.0. The molecule has 1 amide bonds. The molecule has 4 rings (SSSR count). The van der Waals surface area contributed by atoms with Gasteiger partial charge < -0.3 is 14.3 Å². The van der Waals surface area contributed by atoms with Crippen LogP contribution in [0, 0.1) is 0 Å². The summed E-state index contributed by atoms with van der Waals surface area (Å²) in [6.07, 6.45) is 4.75. The third-order valence-electron chi connectivity index (χ3n) is 4.61. The van der Waals surface area contributed by atoms with Gasteiger partial charge in [-0.25, -0.2) is 0 Å². The normalized spacial score (nSPS) is 16.5. The lowest BCUT2D eigenvalue weighted by atomic mass is 10.2. The molecule has 168 valence electrons. The zero-order valence-electron chi connectivity index (χ0n) is 17.2. The van der Waals surface area contributed by atoms with Gasteiger partial charge in [-0.05, 0) is 64.1 Å². The van der Waals surface area contributed by atoms with Crippen LogP contribution in [-0.4, -0.2) is 34.4 Å². The number of phenols is 1. The first-order valence-corrected chi connectivity index (χ1v) is 12.0. The smallest absolute Gasteiger partial charge is 0.267 e. The number of furan rings is 1. The predicted octanol–water partition coefficient (Wildman–Crippen LogP) is 6.03. The van der Waals surface area contributed by atoms with E-state index in [2.05, 4.69) is 42.1 Å². The van der Waals surface area contributed by atoms with Gasteiger partial charge in [0.25, 0.3) is 5.91 Å². The van der Waals surface area contributed by atoms with E-state index in [0.29, 0.717) is 31.6 Å². The molecule has 33 heavy (non-hydrogen) atoms. The second-order valence-corrected chi connectivity index (χ2v) is 9.55. The first-order chi connectivity index (χ1) is 16.0. The highest BCUT2D eigenvalue weighted by molar-refractivity contribution is 9.11. The van der Waals surface area contributed by atoms with Crippen LogP contribution in [0.1, 0.15) is 16.9 Å². The van der Waals surface area contributed by atoms with E-state index in [1.54, 1.807) is 43.7 Å². The third kappa shape index (κ3) is 5.40. The molecule has 1 aliphatic rings. The first kappa shape index (κ1) is 23.3. The molecule has 0 spiro atoms. The monoisotopic (exact) mass is 589 g/mol. The number of hydrogen-bond acceptors (Lipinski definition) is 7. The molecule has 2 heterocycles. The molecule has 1 saturated heterocycles. The van der Waals surface area contributed by atoms with Crippen molar-refractivity contribution in [1.29, 1.82) is 0 Å². The van der Waals surface area contributed by atoms with Crippen molar-refractivity contribution in [2.45, 2.75) is 6.54 Å². The molecule has 0 unspecified atom stereocenters. The van der Waals surface area contributed by atoms with E-state index in [9.17, 15) is 9.90 Å². The van der Waals surface area contributed by atoms with Crippen LogP contribution in [0.2, 0.25) is 0 Å². The topological polar surface area (TPSA) is 87.6 Å². The fraction of sp³-hybridized carbons (Fsp3) is 0.0870. The highest BCUT2D eigenvalue weighted by Crippen LogP contribution is 2.35. The van der Waals surface area contributed by atoms with Crippen molar-refractivity contribution in [3.63, 3.8) is 0 Å². The lowest BCUT2D eigenvalue weighted by molar-refractivity contribution is -0.122. The van der Waals surface area contributed by atoms with E-state index in [-0.39, 0.29) is 18.2 Å². The maximum Gasteiger partial charge on any atom is 0.267 e. The number of hydrogen-bond donors (Lipinski definition) is 1. The van der Waals surface area contributed by atoms with Crippen LogP contribution >= 0.6 is 43.6 Å². The number of phenolic OH excluding ortho intramolecular Hbond substituents is 1. The summed E-state index contributed by atoms with van der Waals surface area (Å²) in [5.74, 6) is 1.11. The van der Waals surface area contributed by atoms with Crippen LogP contribution < -0.4 is 4.74 Å². The van der Waals surface area contributed by atoms with Crippen molar-refractivity contribution in [1.82, 2.24) is 4.90 Å². The number of carbonyl (C=O) groups is 1. The Balaban J connectivity index is 1.67. The van der Waals surface area contributed by atoms with Crippen LogP contribution in [0.4, 0.5) is 0 Å². The Morgan fingerprint density at radius 3 is 2.76 bits per heavy atom. The molecule has 3 aromatic rings. The number of benzene rings is 2. The summed E-state index contributed by atoms with van der Waals surface area (Å²) in [4.78, 5) is 15.2. The van der Waals surface area contributed by atoms with E-state index in [1.807, 2.05) is 24.3 Å². The molecule has 1 fully saturated rings. The number of thioether (sulfide) groups is 1. The Kier molecular flexibility index (Phi) is 7.36. The highest BCUT2D eigenvalue weighted by Gasteiger charge is 2.34. The molecule has 0 atom stereocenters. The fourth-order valence-corrected chi connectivity index (χ4v) is 5.22. The van der Waals surface area contributed by atoms with Gasteiger partial charge in [-0.2, -0.15) is 5.10 Å². The number of amidine groups is 1. The number of rotatable bonds is 6. The third-order valence-corrected chi connectivity index (χ3v) is 6.66. The van der Waals surface area contributed by atoms with Gasteiger partial charge in [-0.15, -0.1) is 5.10 Å². The summed E-state index contributed by atoms with van der Waals surface area (Å²) in [5.41, 5.74) is 1.25. The predicted molar refractivity (Wildman–Crippen MR) is 136 cm³/mol. The molecule has 0 radical (unpaired) electrons. The summed E-state index contributed by atoms with van der Waals surface area (Å²) in [6, 6.07) is 14.4. The number of para-hydroxylation sites is 1. The Labute approximate surface area is 211 Å². The van der Waals surface area contributed by atoms with Crippen molar-refractivity contribution < 1.29 is 19.1 Å². The van der Waals surface area contributed by atoms with Gasteiger partial charge in [0, 0.05) is 15.6 Å². The van der Waals surface area contributed by atoms with Gasteiger partial charge in [0.15, 0.2) is 5.17 Å². The Morgan fingerprint density at radius 1 is 1.18 bits per heavy atom. The van der Waals surface area contributed by atoms with Gasteiger partial charge in [0.2, 0.25) is 0 Å². The number of methoxy groups -OCH3 is 1. The van der Waals surface area contributed by atoms with Crippen molar-refractivity contribution in [3.8, 4) is 11.5 Å². The van der Waals surface area contributed by atoms with Gasteiger partial charge in [0.05, 0.1) is 35.5 Å². The maximum absolute atomic E-state index is 13.2. The quantitative estimate of drug-likeness (QED) is 0.215. The summed E-state index contributed by atoms with van der Waals surface area (Å²) < 4.78 is 12.1. The van der Waals surface area contributed by atoms with E-state index in [0.717, 1.165) is 10.0 Å². The molecule has 1 N–H and O–H groups in total. The van der Waals surface area contributed by atoms with Gasteiger partial charge in [-0.3, -0.25) is 9.69 Å². The summed E-state index contributed by atoms with van der Waals surface area (Å²) >= 11 is 7.88. The Bertz CT molecular complexity index is 1270. The summed E-state index contributed by atoms with van der Waals surface area (Å²) in [7, 11) is 1.58. The highest BCUT2D eigenvalue weighted by atomic mass is 79.9. The zero-order chi connectivity index (χ0) is 23.4. The molecule has 2 aromatic carbocycles. The number of amides is 1. The van der Waals surface area contributed by atoms with E-state index < -0.39 is 0 Å². The van der Waals surface area contributed by atoms with Crippen LogP contribution in [-0.2, 0) is 11.3 Å². The van der Waals surface area contributed by atoms with E-state index in [1.165, 1.54) is 22.9 Å². The average molecular weight is 591 g/mol. The zero-order valence-corrected chi connectivity index (χ0v) is 21.2. The molecule has 1 aromatic heterocycles. The molecular weight excluding hydrogens is 574 g/mol. The second-order valence-electron chi connectivity index (χ2n) is 6.78. The fourth-order valence-electron chi connectivity index (χ4n) is 3.03. The number of ether oxygens (including phenoxy) is 1. The van der Waals surface area contributed by atoms with Crippen molar-refractivity contribution in [3.05, 3.63) is 85.5 Å². The van der Waals surface area contributed by atoms with Crippen LogP contribution in [0.15, 0.2) is 83.3 Å². The van der Waals surface area contributed by atoms with E-state index >= 15 is 0 Å². The molecule has 0 bridgehead atoms. The first-order valence-electron chi connectivity index (χ1n) is 9.62. The Hall–Kier alpha value is -2.82. The minimum Gasteiger partial charge on any atom is -0.506 e. The van der Waals surface area contributed by atoms with Crippen LogP contribution in [0.25, 0.3) is 6.08 Å². The maximum atomic E-state index is 13.2. The van der Waals surface area contributed by atoms with Crippen LogP contribution in [0.3, 0.4) is 0 Å². The average Bonchev–Trinajstić information content (AvgIpc) is 3.41. The molecule has 0 aliphatic carbocycles. The Morgan fingerprint density at radius 2 is 2.00 bits per heavy atom. The number of carbonyl (C=O) groups excluding carboxylic acids is 1. The van der Waals surface area contributed by atoms with E-state index in [4.69, 9.17) is 9.15 Å². The van der Waals surface area contributed by atoms with Crippen molar-refractivity contribution >= 4 is 67.0 Å². The molecule has 10 heteroatoms. The van der Waals surface area contributed by atoms with Crippen molar-refractivity contribution in [2.75, 3.05) is 7.11 Å².